The van der Waals surface area contributed by atoms with E-state index in [1.165, 1.54) is 28.9 Å². The van der Waals surface area contributed by atoms with Crippen LogP contribution in [0.3, 0.4) is 0 Å². The first-order chi connectivity index (χ1) is 11.6. The van der Waals surface area contributed by atoms with Crippen LogP contribution < -0.4 is 4.90 Å². The summed E-state index contributed by atoms with van der Waals surface area (Å²) in [6, 6.07) is 13.2. The van der Waals surface area contributed by atoms with E-state index in [-0.39, 0.29) is 5.82 Å². The van der Waals surface area contributed by atoms with Gasteiger partial charge in [0.05, 0.1) is 11.6 Å². The van der Waals surface area contributed by atoms with E-state index in [4.69, 9.17) is 0 Å². The third kappa shape index (κ3) is 3.58. The Morgan fingerprint density at radius 1 is 1.04 bits per heavy atom. The summed E-state index contributed by atoms with van der Waals surface area (Å²) in [7, 11) is 0. The van der Waals surface area contributed by atoms with E-state index in [9.17, 15) is 9.65 Å². The van der Waals surface area contributed by atoms with Crippen LogP contribution in [0.5, 0.6) is 0 Å². The second kappa shape index (κ2) is 7.02. The van der Waals surface area contributed by atoms with Crippen molar-refractivity contribution in [2.24, 2.45) is 0 Å². The first-order valence-electron chi connectivity index (χ1n) is 8.30. The Labute approximate surface area is 142 Å². The van der Waals surface area contributed by atoms with Crippen LogP contribution in [0.25, 0.3) is 0 Å². The summed E-state index contributed by atoms with van der Waals surface area (Å²) in [5.74, 6) is -0.352. The molecule has 0 saturated carbocycles. The Balaban J connectivity index is 1.64. The lowest BCUT2D eigenvalue weighted by atomic mass is 10.1. The molecule has 1 heterocycles. The molecule has 124 valence electrons. The molecule has 0 radical (unpaired) electrons. The van der Waals surface area contributed by atoms with E-state index < -0.39 is 0 Å². The van der Waals surface area contributed by atoms with Crippen molar-refractivity contribution in [1.82, 2.24) is 4.90 Å². The minimum Gasteiger partial charge on any atom is -0.369 e. The highest BCUT2D eigenvalue weighted by molar-refractivity contribution is 5.54. The van der Waals surface area contributed by atoms with Crippen molar-refractivity contribution in [2.75, 3.05) is 31.1 Å². The van der Waals surface area contributed by atoms with Gasteiger partial charge in [-0.2, -0.15) is 5.26 Å². The van der Waals surface area contributed by atoms with Crippen LogP contribution in [0.2, 0.25) is 0 Å². The fourth-order valence-electron chi connectivity index (χ4n) is 3.34. The molecule has 1 saturated heterocycles. The lowest BCUT2D eigenvalue weighted by Crippen LogP contribution is -2.46. The summed E-state index contributed by atoms with van der Waals surface area (Å²) in [5.41, 5.74) is 5.24. The Hall–Kier alpha value is -2.38. The molecule has 1 aliphatic rings. The first kappa shape index (κ1) is 16.5. The van der Waals surface area contributed by atoms with Crippen molar-refractivity contribution in [3.63, 3.8) is 0 Å². The van der Waals surface area contributed by atoms with Crippen molar-refractivity contribution in [2.45, 2.75) is 20.4 Å². The molecule has 0 aromatic heterocycles. The van der Waals surface area contributed by atoms with E-state index in [1.54, 1.807) is 6.07 Å². The van der Waals surface area contributed by atoms with Gasteiger partial charge in [0, 0.05) is 38.4 Å². The molecule has 3 nitrogen and oxygen atoms in total. The van der Waals surface area contributed by atoms with Crippen molar-refractivity contribution in [3.05, 3.63) is 64.5 Å². The van der Waals surface area contributed by atoms with E-state index in [2.05, 4.69) is 47.9 Å². The first-order valence-corrected chi connectivity index (χ1v) is 8.30. The zero-order valence-electron chi connectivity index (χ0n) is 14.2. The highest BCUT2D eigenvalue weighted by Crippen LogP contribution is 2.23. The molecule has 0 N–H and O–H groups in total. The number of halogens is 1. The van der Waals surface area contributed by atoms with Crippen LogP contribution in [0.4, 0.5) is 10.1 Å². The van der Waals surface area contributed by atoms with Gasteiger partial charge in [-0.15, -0.1) is 0 Å². The van der Waals surface area contributed by atoms with Crippen LogP contribution in [0.15, 0.2) is 36.4 Å². The Morgan fingerprint density at radius 3 is 2.46 bits per heavy atom. The summed E-state index contributed by atoms with van der Waals surface area (Å²) >= 11 is 0. The predicted molar refractivity (Wildman–Crippen MR) is 94.5 cm³/mol. The molecule has 0 atom stereocenters. The second-order valence-electron chi connectivity index (χ2n) is 6.47. The molecule has 24 heavy (non-hydrogen) atoms. The fraction of sp³-hybridized carbons (Fsp3) is 0.350. The van der Waals surface area contributed by atoms with Gasteiger partial charge in [-0.05, 0) is 43.2 Å². The molecule has 0 unspecified atom stereocenters. The Bertz CT molecular complexity index is 771. The Kier molecular flexibility index (Phi) is 4.82. The molecule has 4 heteroatoms. The van der Waals surface area contributed by atoms with Gasteiger partial charge >= 0.3 is 0 Å². The maximum absolute atomic E-state index is 13.2. The van der Waals surface area contributed by atoms with Crippen molar-refractivity contribution in [3.8, 4) is 6.07 Å². The highest BCUT2D eigenvalue weighted by Gasteiger charge is 2.19. The van der Waals surface area contributed by atoms with E-state index in [0.29, 0.717) is 12.1 Å². The van der Waals surface area contributed by atoms with Gasteiger partial charge in [-0.1, -0.05) is 23.8 Å². The van der Waals surface area contributed by atoms with Gasteiger partial charge in [0.2, 0.25) is 0 Å². The zero-order valence-corrected chi connectivity index (χ0v) is 14.2. The minimum atomic E-state index is -0.352. The van der Waals surface area contributed by atoms with Crippen LogP contribution in [-0.2, 0) is 6.54 Å². The maximum atomic E-state index is 13.2. The van der Waals surface area contributed by atoms with Crippen LogP contribution in [0, 0.1) is 31.0 Å². The molecule has 3 rings (SSSR count). The highest BCUT2D eigenvalue weighted by atomic mass is 19.1. The molecular weight excluding hydrogens is 301 g/mol. The molecule has 0 amide bonds. The quantitative estimate of drug-likeness (QED) is 0.864. The predicted octanol–water partition coefficient (Wildman–Crippen LogP) is 3.64. The molecular formula is C20H22FN3. The lowest BCUT2D eigenvalue weighted by molar-refractivity contribution is 0.249. The molecule has 0 bridgehead atoms. The average Bonchev–Trinajstić information content (AvgIpc) is 2.57. The summed E-state index contributed by atoms with van der Waals surface area (Å²) < 4.78 is 13.2. The monoisotopic (exact) mass is 323 g/mol. The number of benzene rings is 2. The van der Waals surface area contributed by atoms with Crippen molar-refractivity contribution >= 4 is 5.69 Å². The van der Waals surface area contributed by atoms with Gasteiger partial charge in [0.15, 0.2) is 0 Å². The third-order valence-electron chi connectivity index (χ3n) is 4.65. The van der Waals surface area contributed by atoms with Gasteiger partial charge in [-0.3, -0.25) is 4.90 Å². The number of aryl methyl sites for hydroxylation is 2. The smallest absolute Gasteiger partial charge is 0.124 e. The molecule has 2 aromatic rings. The standard InChI is InChI=1S/C20H22FN3/c1-15-3-6-20(16(2)11-15)24-9-7-23(8-10-24)14-17-4-5-19(21)12-18(17)13-22/h3-6,11-12H,7-10,14H2,1-2H3. The number of nitrogens with zero attached hydrogens (tertiary/aromatic N) is 3. The van der Waals surface area contributed by atoms with Gasteiger partial charge in [0.25, 0.3) is 0 Å². The number of piperazine rings is 1. The average molecular weight is 323 g/mol. The molecule has 2 aromatic carbocycles. The fourth-order valence-corrected chi connectivity index (χ4v) is 3.34. The van der Waals surface area contributed by atoms with Crippen LogP contribution >= 0.6 is 0 Å². The van der Waals surface area contributed by atoms with Crippen molar-refractivity contribution in [1.29, 1.82) is 5.26 Å². The topological polar surface area (TPSA) is 30.3 Å². The largest absolute Gasteiger partial charge is 0.369 e. The van der Waals surface area contributed by atoms with E-state index in [0.717, 1.165) is 31.7 Å². The van der Waals surface area contributed by atoms with Crippen LogP contribution in [0.1, 0.15) is 22.3 Å². The molecule has 0 aliphatic carbocycles. The summed E-state index contributed by atoms with van der Waals surface area (Å²) in [5, 5.41) is 9.17. The summed E-state index contributed by atoms with van der Waals surface area (Å²) in [4.78, 5) is 4.75. The number of anilines is 1. The maximum Gasteiger partial charge on any atom is 0.124 e. The SMILES string of the molecule is Cc1ccc(N2CCN(Cc3ccc(F)cc3C#N)CC2)c(C)c1. The van der Waals surface area contributed by atoms with E-state index >= 15 is 0 Å². The van der Waals surface area contributed by atoms with Crippen molar-refractivity contribution < 1.29 is 4.39 Å². The number of hydrogen-bond donors (Lipinski definition) is 0. The lowest BCUT2D eigenvalue weighted by Gasteiger charge is -2.37. The molecule has 0 spiro atoms. The van der Waals surface area contributed by atoms with Gasteiger partial charge in [0.1, 0.15) is 5.82 Å². The number of hydrogen-bond acceptors (Lipinski definition) is 3. The zero-order chi connectivity index (χ0) is 17.1. The number of rotatable bonds is 3. The molecule has 1 aliphatic heterocycles. The second-order valence-corrected chi connectivity index (χ2v) is 6.47. The Morgan fingerprint density at radius 2 is 1.79 bits per heavy atom. The third-order valence-corrected chi connectivity index (χ3v) is 4.65. The molecule has 1 fully saturated rings. The van der Waals surface area contributed by atoms with E-state index in [1.807, 2.05) is 0 Å². The van der Waals surface area contributed by atoms with Gasteiger partial charge < -0.3 is 4.90 Å². The summed E-state index contributed by atoms with van der Waals surface area (Å²) in [6.45, 7) is 8.78. The minimum absolute atomic E-state index is 0.352. The summed E-state index contributed by atoms with van der Waals surface area (Å²) in [6.07, 6.45) is 0. The van der Waals surface area contributed by atoms with Gasteiger partial charge in [-0.25, -0.2) is 4.39 Å². The number of nitriles is 1. The van der Waals surface area contributed by atoms with Crippen LogP contribution in [-0.4, -0.2) is 31.1 Å². The normalized spacial score (nSPS) is 15.3.